The molecule has 0 nitrogen and oxygen atoms in total. The molecule has 0 N–H and O–H groups in total. The highest BCUT2D eigenvalue weighted by Gasteiger charge is 2.51. The minimum absolute atomic E-state index is 0.0428. The van der Waals surface area contributed by atoms with Gasteiger partial charge in [-0.1, -0.05) is 214 Å². The van der Waals surface area contributed by atoms with Gasteiger partial charge in [-0.25, -0.2) is 0 Å². The Bertz CT molecular complexity index is 3650. The summed E-state index contributed by atoms with van der Waals surface area (Å²) in [7, 11) is 0. The van der Waals surface area contributed by atoms with Crippen molar-refractivity contribution in [2.24, 2.45) is 0 Å². The second kappa shape index (κ2) is 11.6. The van der Waals surface area contributed by atoms with Gasteiger partial charge in [-0.2, -0.15) is 0 Å². The highest BCUT2D eigenvalue weighted by molar-refractivity contribution is 7.01. The van der Waals surface area contributed by atoms with Crippen molar-refractivity contribution in [3.63, 3.8) is 0 Å². The third-order valence-electron chi connectivity index (χ3n) is 18.5. The van der Waals surface area contributed by atoms with Crippen LogP contribution >= 0.6 is 0 Å². The average molecular weight is 859 g/mol. The molecule has 4 aliphatic carbocycles. The van der Waals surface area contributed by atoms with Crippen LogP contribution in [0, 0.1) is 0 Å². The van der Waals surface area contributed by atoms with Gasteiger partial charge in [0.25, 0.3) is 0 Å². The van der Waals surface area contributed by atoms with Crippen LogP contribution in [0.2, 0.25) is 0 Å². The topological polar surface area (TPSA) is 0 Å². The summed E-state index contributed by atoms with van der Waals surface area (Å²) in [5.74, 6) is 0. The molecule has 1 heteroatoms. The first-order valence-corrected chi connectivity index (χ1v) is 24.9. The van der Waals surface area contributed by atoms with E-state index in [9.17, 15) is 0 Å². The van der Waals surface area contributed by atoms with Crippen LogP contribution in [0.15, 0.2) is 133 Å². The molecule has 0 saturated carbocycles. The lowest BCUT2D eigenvalue weighted by atomic mass is 9.30. The van der Waals surface area contributed by atoms with E-state index in [4.69, 9.17) is 0 Å². The smallest absolute Gasteiger partial charge is 0.0619 e. The SMILES string of the molecule is CC(C)(C)c1cc2c3c(c1)-c1c4c(cc5c6c(cc(c15)B3c1cc3c(c5cc7c(c-2c15)C(C)(C)c1ccccc1-7)C(C)(C)c1ccccc1-3)-c1ccccc1C6(C)C)-c1ccccc1C4(C)C. The molecular weight excluding hydrogens is 804 g/mol. The Morgan fingerprint density at radius 1 is 0.343 bits per heavy atom. The van der Waals surface area contributed by atoms with Gasteiger partial charge in [-0.05, 0) is 156 Å². The third kappa shape index (κ3) is 4.25. The first kappa shape index (κ1) is 38.6. The molecule has 0 bridgehead atoms. The van der Waals surface area contributed by atoms with Gasteiger partial charge in [-0.3, -0.25) is 0 Å². The maximum atomic E-state index is 2.71. The Kier molecular flexibility index (Phi) is 6.71. The summed E-state index contributed by atoms with van der Waals surface area (Å²) in [6, 6.07) is 53.4. The summed E-state index contributed by atoms with van der Waals surface area (Å²) >= 11 is 0. The van der Waals surface area contributed by atoms with Gasteiger partial charge in [-0.15, -0.1) is 0 Å². The van der Waals surface area contributed by atoms with Gasteiger partial charge in [0.15, 0.2) is 0 Å². The zero-order valence-electron chi connectivity index (χ0n) is 40.8. The molecule has 6 aliphatic rings. The summed E-state index contributed by atoms with van der Waals surface area (Å²) in [5, 5.41) is 5.81. The molecule has 0 saturated heterocycles. The van der Waals surface area contributed by atoms with Gasteiger partial charge in [0.1, 0.15) is 0 Å². The molecule has 0 radical (unpaired) electrons. The second-order valence-corrected chi connectivity index (χ2v) is 24.3. The van der Waals surface area contributed by atoms with E-state index in [1.807, 2.05) is 0 Å². The Labute approximate surface area is 396 Å². The molecule has 0 aromatic heterocycles. The molecular formula is C66H55B. The largest absolute Gasteiger partial charge is 0.244 e. The van der Waals surface area contributed by atoms with Crippen molar-refractivity contribution in [3.05, 3.63) is 184 Å². The van der Waals surface area contributed by atoms with Gasteiger partial charge in [0, 0.05) is 21.7 Å². The van der Waals surface area contributed by atoms with E-state index in [-0.39, 0.29) is 33.8 Å². The monoisotopic (exact) mass is 858 g/mol. The molecule has 0 amide bonds. The zero-order chi connectivity index (χ0) is 45.8. The summed E-state index contributed by atoms with van der Waals surface area (Å²) < 4.78 is 0. The minimum atomic E-state index is -0.199. The average Bonchev–Trinajstić information content (AvgIpc) is 3.87. The van der Waals surface area contributed by atoms with E-state index in [0.717, 1.165) is 0 Å². The molecule has 2 aliphatic heterocycles. The standard InChI is InChI=1S/C66H55B/c1-62(2,3)34-28-45-55-53-43(30-39-35-20-12-18-26-49(35)65(8,9)59(39)55)57-41(37-22-14-16-24-47(37)63(57,4)5)32-51(53)67-52-33-42-38-23-15-17-25-48(38)64(6,7)58(42)44-31-40-36-21-13-19-27-50(36)66(10,11)60(40)56(54(44)52)46(29-34)61(45)67/h12-33H,1-11H3. The first-order chi connectivity index (χ1) is 31.9. The van der Waals surface area contributed by atoms with Crippen molar-refractivity contribution in [3.8, 4) is 66.8 Å². The summed E-state index contributed by atoms with van der Waals surface area (Å²) in [6.45, 7) is 27.3. The molecule has 322 valence electrons. The maximum Gasteiger partial charge on any atom is 0.244 e. The Balaban J connectivity index is 1.21. The predicted octanol–water partition coefficient (Wildman–Crippen LogP) is 15.0. The van der Waals surface area contributed by atoms with Crippen LogP contribution in [0.5, 0.6) is 0 Å². The van der Waals surface area contributed by atoms with Crippen LogP contribution in [0.1, 0.15) is 126 Å². The fourth-order valence-corrected chi connectivity index (χ4v) is 15.6. The third-order valence-corrected chi connectivity index (χ3v) is 18.5. The normalized spacial score (nSPS) is 17.6. The quantitative estimate of drug-likeness (QED) is 0.133. The van der Waals surface area contributed by atoms with E-state index in [1.54, 1.807) is 0 Å². The van der Waals surface area contributed by atoms with Crippen molar-refractivity contribution >= 4 is 44.6 Å². The molecule has 0 spiro atoms. The lowest BCUT2D eigenvalue weighted by molar-refractivity contribution is 0.591. The fourth-order valence-electron chi connectivity index (χ4n) is 15.6. The van der Waals surface area contributed by atoms with Crippen LogP contribution in [0.4, 0.5) is 0 Å². The van der Waals surface area contributed by atoms with Crippen molar-refractivity contribution in [1.82, 2.24) is 0 Å². The van der Waals surface area contributed by atoms with Gasteiger partial charge >= 0.3 is 0 Å². The van der Waals surface area contributed by atoms with Crippen LogP contribution < -0.4 is 16.4 Å². The van der Waals surface area contributed by atoms with Crippen LogP contribution in [0.3, 0.4) is 0 Å². The summed E-state index contributed by atoms with van der Waals surface area (Å²) in [4.78, 5) is 0. The van der Waals surface area contributed by atoms with Crippen molar-refractivity contribution < 1.29 is 0 Å². The maximum absolute atomic E-state index is 2.71. The number of fused-ring (bicyclic) bond motifs is 20. The molecule has 0 unspecified atom stereocenters. The van der Waals surface area contributed by atoms with Crippen LogP contribution in [0.25, 0.3) is 88.3 Å². The number of rotatable bonds is 0. The molecule has 2 heterocycles. The number of benzene rings is 9. The van der Waals surface area contributed by atoms with Crippen molar-refractivity contribution in [2.45, 2.75) is 103 Å². The van der Waals surface area contributed by atoms with Crippen molar-refractivity contribution in [1.29, 1.82) is 0 Å². The van der Waals surface area contributed by atoms with E-state index in [2.05, 4.69) is 210 Å². The van der Waals surface area contributed by atoms with E-state index in [0.29, 0.717) is 0 Å². The Morgan fingerprint density at radius 2 is 0.657 bits per heavy atom. The van der Waals surface area contributed by atoms with Gasteiger partial charge in [0.05, 0.1) is 0 Å². The second-order valence-electron chi connectivity index (χ2n) is 24.3. The number of hydrogen-bond donors (Lipinski definition) is 0. The summed E-state index contributed by atoms with van der Waals surface area (Å²) in [5.41, 5.74) is 33.8. The predicted molar refractivity (Wildman–Crippen MR) is 286 cm³/mol. The lowest BCUT2D eigenvalue weighted by Crippen LogP contribution is -2.58. The van der Waals surface area contributed by atoms with Crippen LogP contribution in [-0.2, 0) is 27.1 Å². The number of hydrogen-bond acceptors (Lipinski definition) is 0. The highest BCUT2D eigenvalue weighted by atomic mass is 14.5. The van der Waals surface area contributed by atoms with Crippen LogP contribution in [-0.4, -0.2) is 6.71 Å². The fraction of sp³-hybridized carbons (Fsp3) is 0.242. The van der Waals surface area contributed by atoms with E-state index >= 15 is 0 Å². The van der Waals surface area contributed by atoms with E-state index < -0.39 is 0 Å². The Hall–Kier alpha value is -6.44. The highest BCUT2D eigenvalue weighted by Crippen LogP contribution is 2.62. The first-order valence-electron chi connectivity index (χ1n) is 24.9. The van der Waals surface area contributed by atoms with Crippen molar-refractivity contribution in [2.75, 3.05) is 0 Å². The Morgan fingerprint density at radius 3 is 1.00 bits per heavy atom. The van der Waals surface area contributed by atoms with Gasteiger partial charge in [0.2, 0.25) is 6.71 Å². The van der Waals surface area contributed by atoms with Gasteiger partial charge < -0.3 is 0 Å². The molecule has 0 fully saturated rings. The molecule has 9 aromatic rings. The summed E-state index contributed by atoms with van der Waals surface area (Å²) in [6.07, 6.45) is 0. The molecule has 9 aromatic carbocycles. The molecule has 15 rings (SSSR count). The minimum Gasteiger partial charge on any atom is -0.0619 e. The van der Waals surface area contributed by atoms with E-state index in [1.165, 1.54) is 155 Å². The molecule has 67 heavy (non-hydrogen) atoms. The zero-order valence-corrected chi connectivity index (χ0v) is 40.8. The molecule has 0 atom stereocenters. The lowest BCUT2D eigenvalue weighted by Gasteiger charge is -2.41.